The Labute approximate surface area is 340 Å². The number of hydrogen-bond donors (Lipinski definition) is 0. The predicted octanol–water partition coefficient (Wildman–Crippen LogP) is 11.4. The topological polar surface area (TPSA) is 8.17 Å². The molecule has 1 aliphatic carbocycles. The van der Waals surface area contributed by atoms with E-state index in [1.807, 2.05) is 11.3 Å². The fraction of sp³-hybridized carbons (Fsp3) is 0.170. The standard InChI is InChI=1S/C53H46N2SSi/c1-37-18-16-24-42(34-37)57(40-20-6-4-7-21-40,41-22-8-5-9-23-41)43-25-17-19-38(35-43)54-47-31-30-39(36-45(47)50-44-26-10-13-29-49(44)56-51(50)54)55-48-28-12-11-27-46(48)52(2)32-14-15-33-53(52,55)3/h4-13,16-31,34-36H,14-15,32-33H2,1-3H3. The molecule has 57 heavy (non-hydrogen) atoms. The van der Waals surface area contributed by atoms with E-state index in [1.165, 1.54) is 106 Å². The minimum Gasteiger partial charge on any atom is -0.334 e. The van der Waals surface area contributed by atoms with E-state index < -0.39 is 8.07 Å². The first kappa shape index (κ1) is 34.6. The molecule has 278 valence electrons. The molecule has 0 bridgehead atoms. The molecular formula is C53H46N2SSi. The lowest BCUT2D eigenvalue weighted by molar-refractivity contribution is 0.195. The number of thiophene rings is 1. The molecule has 7 aromatic carbocycles. The first-order valence-electron chi connectivity index (χ1n) is 20.6. The van der Waals surface area contributed by atoms with Crippen molar-refractivity contribution in [3.63, 3.8) is 0 Å². The first-order valence-corrected chi connectivity index (χ1v) is 23.4. The molecule has 2 aliphatic rings. The van der Waals surface area contributed by atoms with Crippen LogP contribution in [-0.2, 0) is 5.41 Å². The van der Waals surface area contributed by atoms with Crippen LogP contribution in [0.25, 0.3) is 36.9 Å². The molecule has 2 nitrogen and oxygen atoms in total. The van der Waals surface area contributed by atoms with Crippen LogP contribution in [0.15, 0.2) is 176 Å². The minimum atomic E-state index is -2.75. The van der Waals surface area contributed by atoms with Gasteiger partial charge in [0.25, 0.3) is 0 Å². The van der Waals surface area contributed by atoms with Crippen LogP contribution in [0.1, 0.15) is 50.7 Å². The maximum Gasteiger partial charge on any atom is 0.179 e. The lowest BCUT2D eigenvalue weighted by atomic mass is 9.61. The van der Waals surface area contributed by atoms with Crippen molar-refractivity contribution in [2.24, 2.45) is 0 Å². The van der Waals surface area contributed by atoms with Crippen LogP contribution in [0, 0.1) is 6.92 Å². The number of fused-ring (bicyclic) bond motifs is 8. The molecule has 0 amide bonds. The van der Waals surface area contributed by atoms with E-state index in [0.717, 1.165) is 0 Å². The second kappa shape index (κ2) is 12.9. The zero-order valence-electron chi connectivity index (χ0n) is 32.9. The number of rotatable bonds is 6. The highest BCUT2D eigenvalue weighted by molar-refractivity contribution is 7.25. The molecular weight excluding hydrogens is 725 g/mol. The maximum atomic E-state index is 2.72. The SMILES string of the molecule is Cc1cccc([Si](c2ccccc2)(c2ccccc2)c2cccc(-n3c4ccc(N5c6ccccc6C6(C)CCCCC56C)cc4c4c5ccccc5sc43)c2)c1. The number of aromatic nitrogens is 1. The first-order chi connectivity index (χ1) is 27.9. The second-order valence-electron chi connectivity index (χ2n) is 16.9. The van der Waals surface area contributed by atoms with Gasteiger partial charge in [0.05, 0.1) is 11.1 Å². The maximum absolute atomic E-state index is 2.75. The van der Waals surface area contributed by atoms with Gasteiger partial charge in [0.2, 0.25) is 0 Å². The smallest absolute Gasteiger partial charge is 0.179 e. The third-order valence-electron chi connectivity index (χ3n) is 13.9. The zero-order chi connectivity index (χ0) is 38.4. The van der Waals surface area contributed by atoms with Crippen molar-refractivity contribution >= 4 is 82.7 Å². The molecule has 1 fully saturated rings. The van der Waals surface area contributed by atoms with E-state index in [9.17, 15) is 0 Å². The average molecular weight is 771 g/mol. The Bertz CT molecular complexity index is 2940. The Kier molecular flexibility index (Phi) is 7.83. The van der Waals surface area contributed by atoms with Crippen molar-refractivity contribution in [3.05, 3.63) is 187 Å². The molecule has 1 saturated carbocycles. The monoisotopic (exact) mass is 770 g/mol. The largest absolute Gasteiger partial charge is 0.334 e. The van der Waals surface area contributed by atoms with Crippen LogP contribution in [0.4, 0.5) is 11.4 Å². The molecule has 4 heteroatoms. The quantitative estimate of drug-likeness (QED) is 0.121. The lowest BCUT2D eigenvalue weighted by Crippen LogP contribution is -2.74. The highest BCUT2D eigenvalue weighted by Crippen LogP contribution is 2.61. The third kappa shape index (κ3) is 4.87. The Hall–Kier alpha value is -5.68. The van der Waals surface area contributed by atoms with Gasteiger partial charge in [-0.3, -0.25) is 0 Å². The summed E-state index contributed by atoms with van der Waals surface area (Å²) in [5.41, 5.74) is 8.05. The molecule has 0 radical (unpaired) electrons. The van der Waals surface area contributed by atoms with E-state index >= 15 is 0 Å². The van der Waals surface area contributed by atoms with Crippen molar-refractivity contribution in [1.82, 2.24) is 4.57 Å². The average Bonchev–Trinajstić information content (AvgIpc) is 3.85. The predicted molar refractivity (Wildman–Crippen MR) is 247 cm³/mol. The van der Waals surface area contributed by atoms with Crippen LogP contribution in [0.2, 0.25) is 0 Å². The van der Waals surface area contributed by atoms with Gasteiger partial charge < -0.3 is 9.47 Å². The van der Waals surface area contributed by atoms with E-state index in [4.69, 9.17) is 0 Å². The summed E-state index contributed by atoms with van der Waals surface area (Å²) in [6.45, 7) is 7.29. The van der Waals surface area contributed by atoms with Crippen molar-refractivity contribution in [2.75, 3.05) is 4.90 Å². The Morgan fingerprint density at radius 2 is 1.19 bits per heavy atom. The molecule has 2 atom stereocenters. The molecule has 11 rings (SSSR count). The van der Waals surface area contributed by atoms with Gasteiger partial charge in [-0.05, 0) is 95.5 Å². The summed E-state index contributed by atoms with van der Waals surface area (Å²) < 4.78 is 3.90. The summed E-state index contributed by atoms with van der Waals surface area (Å²) in [5.74, 6) is 0. The van der Waals surface area contributed by atoms with Crippen LogP contribution >= 0.6 is 11.3 Å². The number of anilines is 2. The summed E-state index contributed by atoms with van der Waals surface area (Å²) in [6, 6.07) is 67.0. The molecule has 0 spiro atoms. The van der Waals surface area contributed by atoms with Crippen molar-refractivity contribution in [3.8, 4) is 5.69 Å². The molecule has 1 aliphatic heterocycles. The van der Waals surface area contributed by atoms with Gasteiger partial charge in [0, 0.05) is 43.3 Å². The fourth-order valence-corrected chi connectivity index (χ4v) is 17.2. The summed E-state index contributed by atoms with van der Waals surface area (Å²) in [4.78, 5) is 4.03. The van der Waals surface area contributed by atoms with Crippen molar-refractivity contribution < 1.29 is 0 Å². The van der Waals surface area contributed by atoms with Crippen molar-refractivity contribution in [2.45, 2.75) is 57.4 Å². The highest BCUT2D eigenvalue weighted by Gasteiger charge is 2.57. The van der Waals surface area contributed by atoms with Gasteiger partial charge in [-0.2, -0.15) is 0 Å². The lowest BCUT2D eigenvalue weighted by Gasteiger charge is -2.50. The van der Waals surface area contributed by atoms with Crippen LogP contribution < -0.4 is 25.6 Å². The van der Waals surface area contributed by atoms with Gasteiger partial charge >= 0.3 is 0 Å². The van der Waals surface area contributed by atoms with Gasteiger partial charge in [-0.25, -0.2) is 0 Å². The van der Waals surface area contributed by atoms with Crippen LogP contribution in [0.3, 0.4) is 0 Å². The third-order valence-corrected chi connectivity index (χ3v) is 19.9. The summed E-state index contributed by atoms with van der Waals surface area (Å²) in [5, 5.41) is 9.58. The van der Waals surface area contributed by atoms with Gasteiger partial charge in [-0.15, -0.1) is 11.3 Å². The van der Waals surface area contributed by atoms with Gasteiger partial charge in [-0.1, -0.05) is 159 Å². The zero-order valence-corrected chi connectivity index (χ0v) is 34.7. The molecule has 0 N–H and O–H groups in total. The Balaban J connectivity index is 1.18. The normalized spacial score (nSPS) is 19.3. The van der Waals surface area contributed by atoms with Crippen LogP contribution in [0.5, 0.6) is 0 Å². The van der Waals surface area contributed by atoms with Crippen LogP contribution in [-0.4, -0.2) is 18.2 Å². The summed E-state index contributed by atoms with van der Waals surface area (Å²) in [7, 11) is -2.75. The Morgan fingerprint density at radius 1 is 0.544 bits per heavy atom. The molecule has 0 saturated heterocycles. The number of hydrogen-bond acceptors (Lipinski definition) is 2. The summed E-state index contributed by atoms with van der Waals surface area (Å²) >= 11 is 1.92. The second-order valence-corrected chi connectivity index (χ2v) is 21.7. The number of aryl methyl sites for hydroxylation is 1. The van der Waals surface area contributed by atoms with E-state index in [1.54, 1.807) is 0 Å². The number of nitrogens with zero attached hydrogens (tertiary/aromatic N) is 2. The van der Waals surface area contributed by atoms with E-state index in [2.05, 4.69) is 206 Å². The summed E-state index contributed by atoms with van der Waals surface area (Å²) in [6.07, 6.45) is 4.98. The highest BCUT2D eigenvalue weighted by atomic mass is 32.1. The van der Waals surface area contributed by atoms with Gasteiger partial charge in [0.15, 0.2) is 8.07 Å². The minimum absolute atomic E-state index is 0.00791. The molecule has 9 aromatic rings. The van der Waals surface area contributed by atoms with Crippen molar-refractivity contribution in [1.29, 1.82) is 0 Å². The number of benzene rings is 7. The van der Waals surface area contributed by atoms with Gasteiger partial charge in [0.1, 0.15) is 4.83 Å². The van der Waals surface area contributed by atoms with E-state index in [0.29, 0.717) is 0 Å². The Morgan fingerprint density at radius 3 is 1.96 bits per heavy atom. The molecule has 3 heterocycles. The molecule has 2 aromatic heterocycles. The number of para-hydroxylation sites is 1. The van der Waals surface area contributed by atoms with E-state index in [-0.39, 0.29) is 11.0 Å². The molecule has 2 unspecified atom stereocenters. The fourth-order valence-electron chi connectivity index (χ4n) is 11.1.